The summed E-state index contributed by atoms with van der Waals surface area (Å²) in [6, 6.07) is 9.42. The van der Waals surface area contributed by atoms with Crippen LogP contribution >= 0.6 is 0 Å². The molecular weight excluding hydrogens is 357 g/mol. The Labute approximate surface area is 153 Å². The van der Waals surface area contributed by atoms with Crippen molar-refractivity contribution in [2.24, 2.45) is 7.05 Å². The SMILES string of the molecule is Cn1cccc1C(CNS(=O)(=O)Cc1ccc(F)cc1)N1CCOCC1. The van der Waals surface area contributed by atoms with Gasteiger partial charge in [-0.05, 0) is 29.8 Å². The Morgan fingerprint density at radius 2 is 1.88 bits per heavy atom. The molecule has 1 aromatic heterocycles. The summed E-state index contributed by atoms with van der Waals surface area (Å²) in [5.41, 5.74) is 1.61. The lowest BCUT2D eigenvalue weighted by atomic mass is 10.1. The summed E-state index contributed by atoms with van der Waals surface area (Å²) < 4.78 is 48.1. The van der Waals surface area contributed by atoms with E-state index in [2.05, 4.69) is 9.62 Å². The highest BCUT2D eigenvalue weighted by Gasteiger charge is 2.26. The second-order valence-electron chi connectivity index (χ2n) is 6.44. The Balaban J connectivity index is 1.70. The number of hydrogen-bond donors (Lipinski definition) is 1. The van der Waals surface area contributed by atoms with Crippen LogP contribution in [-0.4, -0.2) is 50.7 Å². The third-order valence-corrected chi connectivity index (χ3v) is 5.90. The van der Waals surface area contributed by atoms with E-state index in [0.29, 0.717) is 18.8 Å². The van der Waals surface area contributed by atoms with Crippen molar-refractivity contribution in [3.63, 3.8) is 0 Å². The lowest BCUT2D eigenvalue weighted by Crippen LogP contribution is -2.44. The van der Waals surface area contributed by atoms with Crippen molar-refractivity contribution in [1.29, 1.82) is 0 Å². The molecule has 1 aliphatic heterocycles. The molecule has 8 heteroatoms. The minimum absolute atomic E-state index is 0.0677. The van der Waals surface area contributed by atoms with Crippen LogP contribution in [0.3, 0.4) is 0 Å². The molecule has 1 unspecified atom stereocenters. The molecule has 1 N–H and O–H groups in total. The molecule has 1 saturated heterocycles. The predicted octanol–water partition coefficient (Wildman–Crippen LogP) is 1.66. The van der Waals surface area contributed by atoms with Gasteiger partial charge in [0.05, 0.1) is 25.0 Å². The average Bonchev–Trinajstić information content (AvgIpc) is 3.04. The fourth-order valence-corrected chi connectivity index (χ4v) is 4.33. The summed E-state index contributed by atoms with van der Waals surface area (Å²) in [5.74, 6) is -0.550. The number of aryl methyl sites for hydroxylation is 1. The van der Waals surface area contributed by atoms with Gasteiger partial charge in [-0.25, -0.2) is 17.5 Å². The second kappa shape index (κ2) is 8.30. The van der Waals surface area contributed by atoms with Crippen LogP contribution in [0.5, 0.6) is 0 Å². The first-order valence-electron chi connectivity index (χ1n) is 8.59. The molecule has 0 radical (unpaired) electrons. The van der Waals surface area contributed by atoms with E-state index in [4.69, 9.17) is 4.74 Å². The van der Waals surface area contributed by atoms with Gasteiger partial charge in [-0.15, -0.1) is 0 Å². The van der Waals surface area contributed by atoms with Crippen molar-refractivity contribution < 1.29 is 17.5 Å². The summed E-state index contributed by atoms with van der Waals surface area (Å²) in [4.78, 5) is 2.24. The fraction of sp³-hybridized carbons (Fsp3) is 0.444. The Morgan fingerprint density at radius 3 is 2.50 bits per heavy atom. The van der Waals surface area contributed by atoms with Crippen LogP contribution in [0.1, 0.15) is 17.3 Å². The van der Waals surface area contributed by atoms with Crippen molar-refractivity contribution in [3.8, 4) is 0 Å². The minimum atomic E-state index is -3.52. The van der Waals surface area contributed by atoms with Gasteiger partial charge >= 0.3 is 0 Å². The van der Waals surface area contributed by atoms with Gasteiger partial charge in [0, 0.05) is 38.6 Å². The molecule has 142 valence electrons. The average molecular weight is 381 g/mol. The summed E-state index contributed by atoms with van der Waals surface area (Å²) in [7, 11) is -1.57. The van der Waals surface area contributed by atoms with E-state index < -0.39 is 10.0 Å². The van der Waals surface area contributed by atoms with E-state index in [0.717, 1.165) is 18.8 Å². The molecule has 2 aromatic rings. The van der Waals surface area contributed by atoms with Crippen LogP contribution in [0.25, 0.3) is 0 Å². The van der Waals surface area contributed by atoms with Crippen LogP contribution in [0.4, 0.5) is 4.39 Å². The Hall–Kier alpha value is -1.74. The first kappa shape index (κ1) is 19.0. The van der Waals surface area contributed by atoms with Gasteiger partial charge in [-0.3, -0.25) is 4.90 Å². The Morgan fingerprint density at radius 1 is 1.19 bits per heavy atom. The van der Waals surface area contributed by atoms with Gasteiger partial charge in [-0.2, -0.15) is 0 Å². The highest BCUT2D eigenvalue weighted by Crippen LogP contribution is 2.22. The second-order valence-corrected chi connectivity index (χ2v) is 8.25. The van der Waals surface area contributed by atoms with Crippen LogP contribution in [0.2, 0.25) is 0 Å². The molecule has 0 aliphatic carbocycles. The van der Waals surface area contributed by atoms with Crippen LogP contribution < -0.4 is 4.72 Å². The quantitative estimate of drug-likeness (QED) is 0.792. The van der Waals surface area contributed by atoms with Gasteiger partial charge in [0.1, 0.15) is 5.82 Å². The number of morpholine rings is 1. The first-order valence-corrected chi connectivity index (χ1v) is 10.2. The number of nitrogens with one attached hydrogen (secondary N) is 1. The monoisotopic (exact) mass is 381 g/mol. The molecule has 6 nitrogen and oxygen atoms in total. The Kier molecular flexibility index (Phi) is 6.08. The molecule has 0 spiro atoms. The maximum atomic E-state index is 13.0. The van der Waals surface area contributed by atoms with Gasteiger partial charge < -0.3 is 9.30 Å². The molecule has 0 amide bonds. The molecule has 0 saturated carbocycles. The minimum Gasteiger partial charge on any atom is -0.379 e. The first-order chi connectivity index (χ1) is 12.4. The van der Waals surface area contributed by atoms with Gasteiger partial charge in [0.25, 0.3) is 0 Å². The maximum absolute atomic E-state index is 13.0. The number of ether oxygens (including phenoxy) is 1. The molecule has 3 rings (SSSR count). The number of nitrogens with zero attached hydrogens (tertiary/aromatic N) is 2. The van der Waals surface area contributed by atoms with Crippen molar-refractivity contribution >= 4 is 10.0 Å². The van der Waals surface area contributed by atoms with Gasteiger partial charge in [-0.1, -0.05) is 12.1 Å². The van der Waals surface area contributed by atoms with Gasteiger partial charge in [0.15, 0.2) is 0 Å². The molecule has 1 aromatic carbocycles. The number of halogens is 1. The number of hydrogen-bond acceptors (Lipinski definition) is 4. The number of aromatic nitrogens is 1. The normalized spacial score (nSPS) is 17.3. The summed E-state index contributed by atoms with van der Waals surface area (Å²) in [6.45, 7) is 3.08. The van der Waals surface area contributed by atoms with E-state index in [-0.39, 0.29) is 24.2 Å². The molecule has 0 bridgehead atoms. The zero-order chi connectivity index (χ0) is 18.6. The van der Waals surface area contributed by atoms with Crippen LogP contribution in [0, 0.1) is 5.82 Å². The van der Waals surface area contributed by atoms with E-state index >= 15 is 0 Å². The summed E-state index contributed by atoms with van der Waals surface area (Å²) in [5, 5.41) is 0. The molecule has 1 aliphatic rings. The molecule has 2 heterocycles. The summed E-state index contributed by atoms with van der Waals surface area (Å²) >= 11 is 0. The van der Waals surface area contributed by atoms with Crippen molar-refractivity contribution in [2.75, 3.05) is 32.8 Å². The van der Waals surface area contributed by atoms with Crippen molar-refractivity contribution in [3.05, 3.63) is 59.7 Å². The number of rotatable bonds is 7. The maximum Gasteiger partial charge on any atom is 0.215 e. The highest BCUT2D eigenvalue weighted by atomic mass is 32.2. The zero-order valence-electron chi connectivity index (χ0n) is 14.8. The van der Waals surface area contributed by atoms with Gasteiger partial charge in [0.2, 0.25) is 10.0 Å². The van der Waals surface area contributed by atoms with Crippen molar-refractivity contribution in [2.45, 2.75) is 11.8 Å². The largest absolute Gasteiger partial charge is 0.379 e. The molecule has 26 heavy (non-hydrogen) atoms. The summed E-state index contributed by atoms with van der Waals surface area (Å²) in [6.07, 6.45) is 1.95. The lowest BCUT2D eigenvalue weighted by Gasteiger charge is -2.34. The standard InChI is InChI=1S/C18H24FN3O3S/c1-21-8-2-3-17(21)18(22-9-11-25-12-10-22)13-20-26(23,24)14-15-4-6-16(19)7-5-15/h2-8,18,20H,9-14H2,1H3. The Bertz CT molecular complexity index is 814. The lowest BCUT2D eigenvalue weighted by molar-refractivity contribution is 0.0158. The van der Waals surface area contributed by atoms with Crippen LogP contribution in [0.15, 0.2) is 42.6 Å². The third kappa shape index (κ3) is 4.91. The van der Waals surface area contributed by atoms with Crippen molar-refractivity contribution in [1.82, 2.24) is 14.2 Å². The van der Waals surface area contributed by atoms with E-state index in [1.807, 2.05) is 29.9 Å². The highest BCUT2D eigenvalue weighted by molar-refractivity contribution is 7.88. The third-order valence-electron chi connectivity index (χ3n) is 4.58. The molecule has 1 atom stereocenters. The van der Waals surface area contributed by atoms with E-state index in [9.17, 15) is 12.8 Å². The molecule has 1 fully saturated rings. The van der Waals surface area contributed by atoms with Crippen LogP contribution in [-0.2, 0) is 27.6 Å². The number of benzene rings is 1. The van der Waals surface area contributed by atoms with E-state index in [1.165, 1.54) is 24.3 Å². The fourth-order valence-electron chi connectivity index (χ4n) is 3.19. The topological polar surface area (TPSA) is 63.6 Å². The smallest absolute Gasteiger partial charge is 0.215 e. The molecular formula is C18H24FN3O3S. The van der Waals surface area contributed by atoms with E-state index in [1.54, 1.807) is 0 Å². The number of sulfonamides is 1. The zero-order valence-corrected chi connectivity index (χ0v) is 15.6. The predicted molar refractivity (Wildman–Crippen MR) is 97.6 cm³/mol.